The van der Waals surface area contributed by atoms with E-state index in [1.807, 2.05) is 25.1 Å². The summed E-state index contributed by atoms with van der Waals surface area (Å²) in [6.45, 7) is 2.39. The summed E-state index contributed by atoms with van der Waals surface area (Å²) >= 11 is 14.8. The maximum Gasteiger partial charge on any atom is 0.270 e. The van der Waals surface area contributed by atoms with Crippen LogP contribution in [0.15, 0.2) is 70.7 Å². The maximum atomic E-state index is 14.4. The molecule has 184 valence electrons. The van der Waals surface area contributed by atoms with Gasteiger partial charge in [-0.15, -0.1) is 0 Å². The first-order valence-electron chi connectivity index (χ1n) is 10.8. The van der Waals surface area contributed by atoms with Crippen molar-refractivity contribution in [1.29, 1.82) is 0 Å². The number of nitrogens with zero attached hydrogens (tertiary/aromatic N) is 1. The molecule has 1 N–H and O–H groups in total. The molecule has 4 rings (SSSR count). The minimum Gasteiger partial charge on any atom is -0.490 e. The summed E-state index contributed by atoms with van der Waals surface area (Å²) in [5, 5.41) is 2.82. The topological polar surface area (TPSA) is 67.9 Å². The van der Waals surface area contributed by atoms with Gasteiger partial charge in [0.05, 0.1) is 12.3 Å². The quantitative estimate of drug-likeness (QED) is 0.206. The van der Waals surface area contributed by atoms with Gasteiger partial charge in [0, 0.05) is 15.1 Å². The molecule has 1 aliphatic heterocycles. The number of carbonyl (C=O) groups is 2. The number of rotatable bonds is 7. The predicted molar refractivity (Wildman–Crippen MR) is 144 cm³/mol. The Morgan fingerprint density at radius 1 is 1.08 bits per heavy atom. The number of ether oxygens (including phenoxy) is 2. The molecular formula is C26H19BrClFN2O4S. The highest BCUT2D eigenvalue weighted by Crippen LogP contribution is 2.36. The van der Waals surface area contributed by atoms with E-state index in [0.29, 0.717) is 33.2 Å². The summed E-state index contributed by atoms with van der Waals surface area (Å²) in [6.07, 6.45) is 1.39. The molecule has 0 aromatic heterocycles. The molecule has 6 nitrogen and oxygen atoms in total. The molecule has 3 aromatic carbocycles. The zero-order valence-corrected chi connectivity index (χ0v) is 22.0. The lowest BCUT2D eigenvalue weighted by Crippen LogP contribution is -2.54. The normalized spacial score (nSPS) is 14.7. The van der Waals surface area contributed by atoms with Crippen molar-refractivity contribution in [2.24, 2.45) is 0 Å². The van der Waals surface area contributed by atoms with Crippen molar-refractivity contribution >= 4 is 68.4 Å². The fourth-order valence-corrected chi connectivity index (χ4v) is 4.38. The zero-order chi connectivity index (χ0) is 25.8. The molecule has 1 fully saturated rings. The van der Waals surface area contributed by atoms with Crippen molar-refractivity contribution in [2.75, 3.05) is 11.5 Å². The summed E-state index contributed by atoms with van der Waals surface area (Å²) in [7, 11) is 0. The van der Waals surface area contributed by atoms with Gasteiger partial charge in [0.15, 0.2) is 16.6 Å². The minimum atomic E-state index is -0.752. The third kappa shape index (κ3) is 5.43. The van der Waals surface area contributed by atoms with E-state index in [2.05, 4.69) is 21.2 Å². The van der Waals surface area contributed by atoms with Crippen LogP contribution in [0.5, 0.6) is 11.5 Å². The molecule has 1 saturated heterocycles. The number of carbonyl (C=O) groups excluding carboxylic acids is 2. The van der Waals surface area contributed by atoms with Crippen molar-refractivity contribution in [3.05, 3.63) is 92.7 Å². The number of halogens is 3. The Morgan fingerprint density at radius 2 is 1.78 bits per heavy atom. The number of hydrogen-bond acceptors (Lipinski definition) is 5. The van der Waals surface area contributed by atoms with Gasteiger partial charge in [0.2, 0.25) is 0 Å². The van der Waals surface area contributed by atoms with Gasteiger partial charge in [-0.2, -0.15) is 0 Å². The standard InChI is InChI=1S/C26H19BrClFN2O4S/c1-2-34-22-12-16(18(27)13-23(22)35-14-15-7-3-4-8-19(15)28)11-17-24(32)30-26(36)31(25(17)33)21-10-6-5-9-20(21)29/h3-13H,2,14H2,1H3,(H,30,32,36)/b17-11+. The smallest absolute Gasteiger partial charge is 0.270 e. The van der Waals surface area contributed by atoms with Crippen molar-refractivity contribution < 1.29 is 23.5 Å². The van der Waals surface area contributed by atoms with Crippen LogP contribution in [0, 0.1) is 5.82 Å². The van der Waals surface area contributed by atoms with Crippen molar-refractivity contribution in [3.8, 4) is 11.5 Å². The van der Waals surface area contributed by atoms with Crippen molar-refractivity contribution in [3.63, 3.8) is 0 Å². The Kier molecular flexibility index (Phi) is 8.03. The van der Waals surface area contributed by atoms with Gasteiger partial charge in [-0.25, -0.2) is 9.29 Å². The van der Waals surface area contributed by atoms with Gasteiger partial charge in [-0.1, -0.05) is 57.9 Å². The van der Waals surface area contributed by atoms with E-state index in [1.165, 1.54) is 24.3 Å². The highest BCUT2D eigenvalue weighted by atomic mass is 79.9. The Bertz CT molecular complexity index is 1400. The molecule has 0 aliphatic carbocycles. The average molecular weight is 590 g/mol. The van der Waals surface area contributed by atoms with Crippen LogP contribution in [-0.2, 0) is 16.2 Å². The van der Waals surface area contributed by atoms with Gasteiger partial charge in [0.25, 0.3) is 11.8 Å². The third-order valence-corrected chi connectivity index (χ3v) is 6.54. The van der Waals surface area contributed by atoms with Crippen LogP contribution >= 0.6 is 39.7 Å². The number of para-hydroxylation sites is 1. The van der Waals surface area contributed by atoms with Crippen LogP contribution in [0.2, 0.25) is 5.02 Å². The van der Waals surface area contributed by atoms with Gasteiger partial charge < -0.3 is 9.47 Å². The van der Waals surface area contributed by atoms with Crippen LogP contribution in [-0.4, -0.2) is 23.5 Å². The molecule has 0 spiro atoms. The molecule has 0 radical (unpaired) electrons. The molecule has 3 aromatic rings. The molecule has 1 heterocycles. The van der Waals surface area contributed by atoms with E-state index in [1.54, 1.807) is 24.3 Å². The summed E-state index contributed by atoms with van der Waals surface area (Å²) in [5.41, 5.74) is 0.997. The zero-order valence-electron chi connectivity index (χ0n) is 18.9. The summed E-state index contributed by atoms with van der Waals surface area (Å²) in [5.74, 6) is -1.24. The SMILES string of the molecule is CCOc1cc(/C=C2\C(=O)NC(=S)N(c3ccccc3F)C2=O)c(Br)cc1OCc1ccccc1Cl. The van der Waals surface area contributed by atoms with Crippen molar-refractivity contribution in [2.45, 2.75) is 13.5 Å². The first-order chi connectivity index (χ1) is 17.3. The molecule has 10 heteroatoms. The van der Waals surface area contributed by atoms with Crippen LogP contribution in [0.4, 0.5) is 10.1 Å². The van der Waals surface area contributed by atoms with Crippen LogP contribution < -0.4 is 19.7 Å². The Morgan fingerprint density at radius 3 is 2.50 bits per heavy atom. The molecule has 0 atom stereocenters. The molecule has 0 bridgehead atoms. The lowest BCUT2D eigenvalue weighted by atomic mass is 10.1. The molecule has 0 saturated carbocycles. The number of anilines is 1. The number of amides is 2. The summed E-state index contributed by atoms with van der Waals surface area (Å²) in [4.78, 5) is 26.9. The third-order valence-electron chi connectivity index (χ3n) is 5.20. The largest absolute Gasteiger partial charge is 0.490 e. The van der Waals surface area contributed by atoms with Gasteiger partial charge in [0.1, 0.15) is 18.0 Å². The van der Waals surface area contributed by atoms with Crippen molar-refractivity contribution in [1.82, 2.24) is 5.32 Å². The molecule has 2 amide bonds. The first kappa shape index (κ1) is 25.8. The van der Waals surface area contributed by atoms with E-state index in [4.69, 9.17) is 33.3 Å². The average Bonchev–Trinajstić information content (AvgIpc) is 2.84. The van der Waals surface area contributed by atoms with Crippen LogP contribution in [0.3, 0.4) is 0 Å². The molecule has 0 unspecified atom stereocenters. The first-order valence-corrected chi connectivity index (χ1v) is 12.4. The summed E-state index contributed by atoms with van der Waals surface area (Å²) in [6, 6.07) is 16.3. The van der Waals surface area contributed by atoms with E-state index in [9.17, 15) is 14.0 Å². The second kappa shape index (κ2) is 11.2. The van der Waals surface area contributed by atoms with E-state index in [0.717, 1.165) is 10.5 Å². The second-order valence-corrected chi connectivity index (χ2v) is 9.19. The number of thiocarbonyl (C=S) groups is 1. The lowest BCUT2D eigenvalue weighted by Gasteiger charge is -2.29. The van der Waals surface area contributed by atoms with Crippen LogP contribution in [0.1, 0.15) is 18.1 Å². The molecular weight excluding hydrogens is 571 g/mol. The molecule has 36 heavy (non-hydrogen) atoms. The number of hydrogen-bond donors (Lipinski definition) is 1. The van der Waals surface area contributed by atoms with Crippen LogP contribution in [0.25, 0.3) is 6.08 Å². The Balaban J connectivity index is 1.68. The number of benzene rings is 3. The van der Waals surface area contributed by atoms with E-state index >= 15 is 0 Å². The predicted octanol–water partition coefficient (Wildman–Crippen LogP) is 6.05. The molecule has 1 aliphatic rings. The Hall–Kier alpha value is -3.27. The van der Waals surface area contributed by atoms with Gasteiger partial charge >= 0.3 is 0 Å². The van der Waals surface area contributed by atoms with E-state index < -0.39 is 17.6 Å². The highest BCUT2D eigenvalue weighted by molar-refractivity contribution is 9.10. The van der Waals surface area contributed by atoms with Gasteiger partial charge in [-0.3, -0.25) is 14.9 Å². The van der Waals surface area contributed by atoms with Gasteiger partial charge in [-0.05, 0) is 61.1 Å². The second-order valence-electron chi connectivity index (χ2n) is 7.54. The lowest BCUT2D eigenvalue weighted by molar-refractivity contribution is -0.122. The minimum absolute atomic E-state index is 0.0595. The monoisotopic (exact) mass is 588 g/mol. The maximum absolute atomic E-state index is 14.4. The van der Waals surface area contributed by atoms with E-state index in [-0.39, 0.29) is 23.0 Å². The summed E-state index contributed by atoms with van der Waals surface area (Å²) < 4.78 is 26.6. The Labute approximate surface area is 225 Å². The fourth-order valence-electron chi connectivity index (χ4n) is 3.48. The fraction of sp³-hybridized carbons (Fsp3) is 0.115. The highest BCUT2D eigenvalue weighted by Gasteiger charge is 2.35. The number of nitrogens with one attached hydrogen (secondary N) is 1.